The summed E-state index contributed by atoms with van der Waals surface area (Å²) >= 11 is 5.88. The Labute approximate surface area is 184 Å². The van der Waals surface area contributed by atoms with Gasteiger partial charge in [-0.2, -0.15) is 5.26 Å². The van der Waals surface area contributed by atoms with Gasteiger partial charge < -0.3 is 15.4 Å². The van der Waals surface area contributed by atoms with E-state index in [-0.39, 0.29) is 5.02 Å². The molecule has 0 aliphatic carbocycles. The van der Waals surface area contributed by atoms with Crippen LogP contribution < -0.4 is 10.6 Å². The molecule has 0 radical (unpaired) electrons. The number of aromatic nitrogens is 2. The van der Waals surface area contributed by atoms with Crippen molar-refractivity contribution in [2.45, 2.75) is 6.54 Å². The van der Waals surface area contributed by atoms with Crippen molar-refractivity contribution in [1.29, 1.82) is 5.26 Å². The third kappa shape index (κ3) is 5.20. The lowest BCUT2D eigenvalue weighted by atomic mass is 10.1. The van der Waals surface area contributed by atoms with E-state index in [0.717, 1.165) is 50.3 Å². The van der Waals surface area contributed by atoms with Gasteiger partial charge in [0.1, 0.15) is 17.7 Å². The highest BCUT2D eigenvalue weighted by atomic mass is 35.5. The highest BCUT2D eigenvalue weighted by Crippen LogP contribution is 2.28. The molecule has 2 aromatic heterocycles. The zero-order valence-corrected chi connectivity index (χ0v) is 17.6. The maximum absolute atomic E-state index is 13.4. The monoisotopic (exact) mass is 440 g/mol. The second-order valence-electron chi connectivity index (χ2n) is 7.23. The van der Waals surface area contributed by atoms with Crippen molar-refractivity contribution in [2.75, 3.05) is 50.0 Å². The van der Waals surface area contributed by atoms with Crippen molar-refractivity contribution >= 4 is 34.0 Å². The van der Waals surface area contributed by atoms with Crippen LogP contribution in [0, 0.1) is 17.1 Å². The molecule has 0 amide bonds. The third-order valence-corrected chi connectivity index (χ3v) is 5.46. The maximum atomic E-state index is 13.4. The number of hydrogen-bond donors (Lipinski definition) is 2. The average molecular weight is 441 g/mol. The molecule has 1 fully saturated rings. The maximum Gasteiger partial charge on any atom is 0.141 e. The van der Waals surface area contributed by atoms with Crippen LogP contribution in [0.1, 0.15) is 11.1 Å². The molecule has 0 atom stereocenters. The number of fused-ring (bicyclic) bond motifs is 1. The first-order valence-corrected chi connectivity index (χ1v) is 10.4. The minimum atomic E-state index is -0.462. The van der Waals surface area contributed by atoms with E-state index in [0.29, 0.717) is 29.1 Å². The second-order valence-corrected chi connectivity index (χ2v) is 7.64. The van der Waals surface area contributed by atoms with Crippen molar-refractivity contribution in [3.63, 3.8) is 0 Å². The number of ether oxygens (including phenoxy) is 1. The lowest BCUT2D eigenvalue weighted by Crippen LogP contribution is -2.39. The third-order valence-electron chi connectivity index (χ3n) is 5.17. The van der Waals surface area contributed by atoms with Crippen LogP contribution in [0.4, 0.5) is 15.9 Å². The molecule has 1 aliphatic rings. The summed E-state index contributed by atoms with van der Waals surface area (Å²) in [5, 5.41) is 17.0. The zero-order chi connectivity index (χ0) is 21.6. The van der Waals surface area contributed by atoms with Gasteiger partial charge in [-0.1, -0.05) is 17.7 Å². The van der Waals surface area contributed by atoms with E-state index in [9.17, 15) is 9.65 Å². The fraction of sp³-hybridized carbons (Fsp3) is 0.318. The van der Waals surface area contributed by atoms with Crippen molar-refractivity contribution in [2.24, 2.45) is 0 Å². The highest BCUT2D eigenvalue weighted by molar-refractivity contribution is 6.30. The number of pyridine rings is 2. The summed E-state index contributed by atoms with van der Waals surface area (Å²) in [5.74, 6) is 0.252. The minimum absolute atomic E-state index is 0.0651. The highest BCUT2D eigenvalue weighted by Gasteiger charge is 2.12. The Morgan fingerprint density at radius 2 is 2.00 bits per heavy atom. The molecule has 2 N–H and O–H groups in total. The molecule has 160 valence electrons. The first-order chi connectivity index (χ1) is 15.1. The SMILES string of the molecule is N#Cc1cnc2cnc(NCCN3CCOCC3)cc2c1NCc1ccc(F)c(Cl)c1. The van der Waals surface area contributed by atoms with Gasteiger partial charge in [-0.25, -0.2) is 9.37 Å². The standard InChI is InChI=1S/C22H22ClFN6O/c23-18-9-15(1-2-19(18)24)12-29-22-16(11-25)13-27-20-14-28-21(10-17(20)22)26-3-4-30-5-7-31-8-6-30/h1-2,9-10,13-14H,3-8,12H2,(H,26,28)(H,27,29). The van der Waals surface area contributed by atoms with Crippen molar-refractivity contribution in [3.05, 3.63) is 58.6 Å². The normalized spacial score (nSPS) is 14.4. The predicted octanol–water partition coefficient (Wildman–Crippen LogP) is 3.65. The van der Waals surface area contributed by atoms with E-state index in [4.69, 9.17) is 16.3 Å². The zero-order valence-electron chi connectivity index (χ0n) is 16.9. The predicted molar refractivity (Wildman–Crippen MR) is 119 cm³/mol. The van der Waals surface area contributed by atoms with E-state index >= 15 is 0 Å². The molecule has 3 aromatic rings. The summed E-state index contributed by atoms with van der Waals surface area (Å²) in [6, 6.07) is 8.63. The van der Waals surface area contributed by atoms with Crippen molar-refractivity contribution < 1.29 is 9.13 Å². The van der Waals surface area contributed by atoms with Gasteiger partial charge in [-0.3, -0.25) is 9.88 Å². The van der Waals surface area contributed by atoms with Crippen LogP contribution in [0.15, 0.2) is 36.7 Å². The van der Waals surface area contributed by atoms with Crippen LogP contribution in [0.5, 0.6) is 0 Å². The van der Waals surface area contributed by atoms with Crippen LogP contribution >= 0.6 is 11.6 Å². The Morgan fingerprint density at radius 3 is 2.77 bits per heavy atom. The molecule has 0 spiro atoms. The Morgan fingerprint density at radius 1 is 1.16 bits per heavy atom. The number of halogens is 2. The molecule has 0 bridgehead atoms. The van der Waals surface area contributed by atoms with Gasteiger partial charge in [0, 0.05) is 44.3 Å². The Kier molecular flexibility index (Phi) is 6.77. The second kappa shape index (κ2) is 9.88. The molecule has 9 heteroatoms. The topological polar surface area (TPSA) is 86.1 Å². The first-order valence-electron chi connectivity index (χ1n) is 10.0. The van der Waals surface area contributed by atoms with Crippen LogP contribution in [0.25, 0.3) is 10.9 Å². The molecule has 4 rings (SSSR count). The molecule has 1 aliphatic heterocycles. The fourth-order valence-electron chi connectivity index (χ4n) is 3.47. The molecule has 3 heterocycles. The van der Waals surface area contributed by atoms with Crippen LogP contribution in [-0.2, 0) is 11.3 Å². The van der Waals surface area contributed by atoms with Crippen LogP contribution in [0.3, 0.4) is 0 Å². The molecule has 31 heavy (non-hydrogen) atoms. The largest absolute Gasteiger partial charge is 0.379 e. The number of morpholine rings is 1. The van der Waals surface area contributed by atoms with E-state index in [1.54, 1.807) is 18.3 Å². The number of hydrogen-bond acceptors (Lipinski definition) is 7. The minimum Gasteiger partial charge on any atom is -0.379 e. The Balaban J connectivity index is 1.52. The summed E-state index contributed by atoms with van der Waals surface area (Å²) < 4.78 is 18.8. The number of nitriles is 1. The van der Waals surface area contributed by atoms with E-state index in [1.807, 2.05) is 6.07 Å². The Hall–Kier alpha value is -2.99. The number of nitrogens with one attached hydrogen (secondary N) is 2. The van der Waals surface area contributed by atoms with Crippen molar-refractivity contribution in [3.8, 4) is 6.07 Å². The van der Waals surface area contributed by atoms with E-state index in [1.165, 1.54) is 12.3 Å². The molecule has 7 nitrogen and oxygen atoms in total. The van der Waals surface area contributed by atoms with E-state index < -0.39 is 5.82 Å². The van der Waals surface area contributed by atoms with Gasteiger partial charge in [-0.15, -0.1) is 0 Å². The molecule has 0 unspecified atom stereocenters. The fourth-order valence-corrected chi connectivity index (χ4v) is 3.68. The van der Waals surface area contributed by atoms with E-state index in [2.05, 4.69) is 31.6 Å². The van der Waals surface area contributed by atoms with Crippen LogP contribution in [0.2, 0.25) is 5.02 Å². The smallest absolute Gasteiger partial charge is 0.141 e. The van der Waals surface area contributed by atoms with Crippen molar-refractivity contribution in [1.82, 2.24) is 14.9 Å². The number of benzene rings is 1. The summed E-state index contributed by atoms with van der Waals surface area (Å²) in [4.78, 5) is 11.1. The number of rotatable bonds is 7. The summed E-state index contributed by atoms with van der Waals surface area (Å²) in [6.45, 7) is 5.44. The number of anilines is 2. The van der Waals surface area contributed by atoms with Gasteiger partial charge in [0.25, 0.3) is 0 Å². The summed E-state index contributed by atoms with van der Waals surface area (Å²) in [7, 11) is 0. The van der Waals surface area contributed by atoms with Gasteiger partial charge >= 0.3 is 0 Å². The summed E-state index contributed by atoms with van der Waals surface area (Å²) in [6.07, 6.45) is 3.21. The first kappa shape index (κ1) is 21.2. The van der Waals surface area contributed by atoms with Gasteiger partial charge in [0.15, 0.2) is 0 Å². The van der Waals surface area contributed by atoms with Gasteiger partial charge in [0.05, 0.1) is 41.2 Å². The molecule has 1 saturated heterocycles. The molecular formula is C22H22ClFN6O. The lowest BCUT2D eigenvalue weighted by Gasteiger charge is -2.26. The van der Waals surface area contributed by atoms with Gasteiger partial charge in [0.2, 0.25) is 0 Å². The average Bonchev–Trinajstić information content (AvgIpc) is 2.80. The number of nitrogens with zero attached hydrogens (tertiary/aromatic N) is 4. The molecular weight excluding hydrogens is 419 g/mol. The summed E-state index contributed by atoms with van der Waals surface area (Å²) in [5.41, 5.74) is 2.56. The Bertz CT molecular complexity index is 1110. The van der Waals surface area contributed by atoms with Crippen LogP contribution in [-0.4, -0.2) is 54.3 Å². The lowest BCUT2D eigenvalue weighted by molar-refractivity contribution is 0.0398. The quantitative estimate of drug-likeness (QED) is 0.580. The van der Waals surface area contributed by atoms with Gasteiger partial charge in [-0.05, 0) is 23.8 Å². The molecule has 1 aromatic carbocycles. The molecule has 0 saturated carbocycles.